The van der Waals surface area contributed by atoms with Crippen molar-refractivity contribution in [2.75, 3.05) is 38.6 Å². The SMILES string of the molecule is CN(C)C(=O)N1CC[C@@]2(CC(=O)N(c3ccc(F)cc3)C2)C1. The van der Waals surface area contributed by atoms with Crippen molar-refractivity contribution in [1.82, 2.24) is 9.80 Å². The third-order valence-corrected chi connectivity index (χ3v) is 4.55. The topological polar surface area (TPSA) is 43.9 Å². The molecule has 3 rings (SSSR count). The molecule has 0 N–H and O–H groups in total. The van der Waals surface area contributed by atoms with Gasteiger partial charge in [-0.05, 0) is 30.7 Å². The normalized spacial score (nSPS) is 24.4. The fraction of sp³-hybridized carbons (Fsp3) is 0.500. The van der Waals surface area contributed by atoms with E-state index in [1.54, 1.807) is 40.9 Å². The molecule has 0 aromatic heterocycles. The van der Waals surface area contributed by atoms with E-state index in [0.717, 1.165) is 12.1 Å². The highest BCUT2D eigenvalue weighted by atomic mass is 19.1. The first-order valence-corrected chi connectivity index (χ1v) is 7.42. The molecule has 1 aromatic carbocycles. The summed E-state index contributed by atoms with van der Waals surface area (Å²) >= 11 is 0. The first kappa shape index (κ1) is 14.8. The fourth-order valence-electron chi connectivity index (χ4n) is 3.41. The van der Waals surface area contributed by atoms with Gasteiger partial charge in [0.1, 0.15) is 5.82 Å². The number of halogens is 1. The zero-order valence-corrected chi connectivity index (χ0v) is 12.9. The summed E-state index contributed by atoms with van der Waals surface area (Å²) in [6.45, 7) is 1.88. The van der Waals surface area contributed by atoms with E-state index in [-0.39, 0.29) is 23.2 Å². The molecule has 2 heterocycles. The molecular weight excluding hydrogens is 285 g/mol. The second kappa shape index (κ2) is 5.26. The second-order valence-corrected chi connectivity index (χ2v) is 6.48. The van der Waals surface area contributed by atoms with Gasteiger partial charge in [0.05, 0.1) is 0 Å². The van der Waals surface area contributed by atoms with Crippen LogP contribution in [0.2, 0.25) is 0 Å². The summed E-state index contributed by atoms with van der Waals surface area (Å²) in [6.07, 6.45) is 1.28. The lowest BCUT2D eigenvalue weighted by atomic mass is 9.86. The zero-order chi connectivity index (χ0) is 15.9. The minimum atomic E-state index is -0.311. The Morgan fingerprint density at radius 2 is 1.91 bits per heavy atom. The van der Waals surface area contributed by atoms with Gasteiger partial charge in [-0.1, -0.05) is 0 Å². The molecule has 2 fully saturated rings. The number of hydrogen-bond donors (Lipinski definition) is 0. The number of amides is 3. The smallest absolute Gasteiger partial charge is 0.319 e. The van der Waals surface area contributed by atoms with Gasteiger partial charge in [-0.3, -0.25) is 4.79 Å². The lowest BCUT2D eigenvalue weighted by Gasteiger charge is -2.25. The van der Waals surface area contributed by atoms with Crippen molar-refractivity contribution in [3.8, 4) is 0 Å². The van der Waals surface area contributed by atoms with Crippen LogP contribution in [0.25, 0.3) is 0 Å². The van der Waals surface area contributed by atoms with Gasteiger partial charge in [0.2, 0.25) is 5.91 Å². The summed E-state index contributed by atoms with van der Waals surface area (Å²) in [7, 11) is 3.47. The highest BCUT2D eigenvalue weighted by Crippen LogP contribution is 2.41. The van der Waals surface area contributed by atoms with Gasteiger partial charge >= 0.3 is 6.03 Å². The molecular formula is C16H20FN3O2. The molecule has 0 unspecified atom stereocenters. The average molecular weight is 305 g/mol. The minimum Gasteiger partial charge on any atom is -0.331 e. The van der Waals surface area contributed by atoms with Gasteiger partial charge in [-0.2, -0.15) is 0 Å². The van der Waals surface area contributed by atoms with Crippen molar-refractivity contribution in [3.05, 3.63) is 30.1 Å². The van der Waals surface area contributed by atoms with Crippen molar-refractivity contribution < 1.29 is 14.0 Å². The fourth-order valence-corrected chi connectivity index (χ4v) is 3.41. The monoisotopic (exact) mass is 305 g/mol. The number of likely N-dealkylation sites (tertiary alicyclic amines) is 1. The van der Waals surface area contributed by atoms with Crippen LogP contribution in [0.3, 0.4) is 0 Å². The standard InChI is InChI=1S/C16H20FN3O2/c1-18(2)15(22)19-8-7-16(10-19)9-14(21)20(11-16)13-5-3-12(17)4-6-13/h3-6H,7-11H2,1-2H3/t16-/m1/s1. The number of carbonyl (C=O) groups excluding carboxylic acids is 2. The molecule has 0 bridgehead atoms. The Morgan fingerprint density at radius 1 is 1.23 bits per heavy atom. The Balaban J connectivity index is 1.75. The Kier molecular flexibility index (Phi) is 3.54. The first-order valence-electron chi connectivity index (χ1n) is 7.42. The number of carbonyl (C=O) groups is 2. The molecule has 2 aliphatic rings. The van der Waals surface area contributed by atoms with Gasteiger partial charge in [0.15, 0.2) is 0 Å². The largest absolute Gasteiger partial charge is 0.331 e. The molecule has 22 heavy (non-hydrogen) atoms. The molecule has 0 aliphatic carbocycles. The third-order valence-electron chi connectivity index (χ3n) is 4.55. The molecule has 5 nitrogen and oxygen atoms in total. The van der Waals surface area contributed by atoms with Crippen LogP contribution in [0.5, 0.6) is 0 Å². The molecule has 2 aliphatic heterocycles. The molecule has 1 spiro atoms. The van der Waals surface area contributed by atoms with Gasteiger partial charge < -0.3 is 14.7 Å². The summed E-state index contributed by atoms with van der Waals surface area (Å²) in [5.41, 5.74) is 0.553. The number of nitrogens with zero attached hydrogens (tertiary/aromatic N) is 3. The highest BCUT2D eigenvalue weighted by Gasteiger charge is 2.48. The first-order chi connectivity index (χ1) is 10.4. The van der Waals surface area contributed by atoms with Crippen LogP contribution in [0, 0.1) is 11.2 Å². The van der Waals surface area contributed by atoms with Crippen LogP contribution in [-0.2, 0) is 4.79 Å². The summed E-state index contributed by atoms with van der Waals surface area (Å²) in [6, 6.07) is 5.98. The lowest BCUT2D eigenvalue weighted by Crippen LogP contribution is -2.39. The minimum absolute atomic E-state index is 0.00967. The van der Waals surface area contributed by atoms with Crippen LogP contribution in [0.4, 0.5) is 14.9 Å². The van der Waals surface area contributed by atoms with E-state index in [4.69, 9.17) is 0 Å². The Morgan fingerprint density at radius 3 is 2.55 bits per heavy atom. The predicted octanol–water partition coefficient (Wildman–Crippen LogP) is 1.94. The molecule has 0 saturated carbocycles. The van der Waals surface area contributed by atoms with Gasteiger partial charge in [0, 0.05) is 51.3 Å². The van der Waals surface area contributed by atoms with Crippen LogP contribution in [-0.4, -0.2) is 55.5 Å². The van der Waals surface area contributed by atoms with Crippen molar-refractivity contribution >= 4 is 17.6 Å². The van der Waals surface area contributed by atoms with Gasteiger partial charge in [-0.15, -0.1) is 0 Å². The lowest BCUT2D eigenvalue weighted by molar-refractivity contribution is -0.117. The van der Waals surface area contributed by atoms with E-state index in [1.807, 2.05) is 0 Å². The summed E-state index contributed by atoms with van der Waals surface area (Å²) in [5.74, 6) is -0.264. The van der Waals surface area contributed by atoms with E-state index in [2.05, 4.69) is 0 Å². The van der Waals surface area contributed by atoms with Crippen molar-refractivity contribution in [1.29, 1.82) is 0 Å². The van der Waals surface area contributed by atoms with Gasteiger partial charge in [0.25, 0.3) is 0 Å². The maximum atomic E-state index is 13.0. The van der Waals surface area contributed by atoms with Crippen molar-refractivity contribution in [2.24, 2.45) is 5.41 Å². The van der Waals surface area contributed by atoms with E-state index >= 15 is 0 Å². The average Bonchev–Trinajstić information content (AvgIpc) is 3.03. The quantitative estimate of drug-likeness (QED) is 0.796. The van der Waals surface area contributed by atoms with E-state index in [1.165, 1.54) is 12.1 Å². The van der Waals surface area contributed by atoms with Crippen molar-refractivity contribution in [2.45, 2.75) is 12.8 Å². The number of anilines is 1. The zero-order valence-electron chi connectivity index (χ0n) is 12.9. The number of benzene rings is 1. The Labute approximate surface area is 129 Å². The Hall–Kier alpha value is -2.11. The molecule has 1 aromatic rings. The third kappa shape index (κ3) is 2.53. The molecule has 6 heteroatoms. The van der Waals surface area contributed by atoms with Gasteiger partial charge in [-0.25, -0.2) is 9.18 Å². The van der Waals surface area contributed by atoms with Crippen molar-refractivity contribution in [3.63, 3.8) is 0 Å². The number of hydrogen-bond acceptors (Lipinski definition) is 2. The van der Waals surface area contributed by atoms with Crippen LogP contribution < -0.4 is 4.90 Å². The molecule has 118 valence electrons. The summed E-state index contributed by atoms with van der Waals surface area (Å²) in [5, 5.41) is 0. The maximum absolute atomic E-state index is 13.0. The molecule has 0 radical (unpaired) electrons. The molecule has 1 atom stereocenters. The number of urea groups is 1. The van der Waals surface area contributed by atoms with Crippen LogP contribution >= 0.6 is 0 Å². The van der Waals surface area contributed by atoms with E-state index in [0.29, 0.717) is 26.1 Å². The second-order valence-electron chi connectivity index (χ2n) is 6.48. The predicted molar refractivity (Wildman–Crippen MR) is 81.1 cm³/mol. The maximum Gasteiger partial charge on any atom is 0.319 e. The summed E-state index contributed by atoms with van der Waals surface area (Å²) in [4.78, 5) is 29.5. The number of rotatable bonds is 1. The van der Waals surface area contributed by atoms with Crippen LogP contribution in [0.15, 0.2) is 24.3 Å². The Bertz CT molecular complexity index is 602. The van der Waals surface area contributed by atoms with E-state index in [9.17, 15) is 14.0 Å². The molecule has 3 amide bonds. The highest BCUT2D eigenvalue weighted by molar-refractivity contribution is 5.96. The van der Waals surface area contributed by atoms with Crippen LogP contribution in [0.1, 0.15) is 12.8 Å². The summed E-state index contributed by atoms with van der Waals surface area (Å²) < 4.78 is 13.0. The molecule has 2 saturated heterocycles. The van der Waals surface area contributed by atoms with E-state index < -0.39 is 0 Å².